The quantitative estimate of drug-likeness (QED) is 0.669. The Morgan fingerprint density at radius 3 is 2.62 bits per heavy atom. The van der Waals surface area contributed by atoms with Gasteiger partial charge in [0, 0.05) is 18.8 Å². The van der Waals surface area contributed by atoms with Crippen LogP contribution in [0.1, 0.15) is 32.3 Å². The van der Waals surface area contributed by atoms with Crippen LogP contribution in [0.5, 0.6) is 0 Å². The number of amides is 2. The number of aliphatic hydroxyl groups excluding tert-OH is 1. The minimum Gasteiger partial charge on any atom is -0.396 e. The van der Waals surface area contributed by atoms with Crippen LogP contribution in [0, 0.1) is 5.92 Å². The Hall–Kier alpha value is -1.88. The Morgan fingerprint density at radius 1 is 1.24 bits per heavy atom. The zero-order valence-corrected chi connectivity index (χ0v) is 12.7. The molecule has 116 valence electrons. The molecule has 5 nitrogen and oxygen atoms in total. The molecule has 0 saturated heterocycles. The summed E-state index contributed by atoms with van der Waals surface area (Å²) in [6.07, 6.45) is 2.34. The number of rotatable bonds is 7. The Kier molecular flexibility index (Phi) is 7.46. The summed E-state index contributed by atoms with van der Waals surface area (Å²) in [5, 5.41) is 14.1. The first-order valence-electron chi connectivity index (χ1n) is 7.39. The van der Waals surface area contributed by atoms with Gasteiger partial charge in [-0.25, -0.2) is 0 Å². The van der Waals surface area contributed by atoms with Crippen LogP contribution in [0.4, 0.5) is 5.69 Å². The van der Waals surface area contributed by atoms with Crippen molar-refractivity contribution < 1.29 is 14.7 Å². The number of hydrogen-bond acceptors (Lipinski definition) is 3. The molecular formula is C16H24N2O3. The van der Waals surface area contributed by atoms with Crippen molar-refractivity contribution in [3.8, 4) is 0 Å². The molecule has 0 saturated carbocycles. The van der Waals surface area contributed by atoms with Gasteiger partial charge in [0.1, 0.15) is 0 Å². The number of hydrogen-bond donors (Lipinski definition) is 3. The SMILES string of the molecule is CCc1cccc(NC(=O)C(=O)NCC(CC)CCO)c1. The molecule has 0 radical (unpaired) electrons. The van der Waals surface area contributed by atoms with E-state index in [1.165, 1.54) is 0 Å². The van der Waals surface area contributed by atoms with Crippen LogP contribution in [-0.2, 0) is 16.0 Å². The molecule has 1 aromatic rings. The molecule has 1 atom stereocenters. The largest absolute Gasteiger partial charge is 0.396 e. The van der Waals surface area contributed by atoms with Crippen molar-refractivity contribution in [2.24, 2.45) is 5.92 Å². The van der Waals surface area contributed by atoms with Gasteiger partial charge >= 0.3 is 11.8 Å². The summed E-state index contributed by atoms with van der Waals surface area (Å²) < 4.78 is 0. The van der Waals surface area contributed by atoms with E-state index in [2.05, 4.69) is 10.6 Å². The van der Waals surface area contributed by atoms with Gasteiger partial charge in [-0.05, 0) is 36.5 Å². The molecule has 0 aliphatic rings. The standard InChI is InChI=1S/C16H24N2O3/c1-3-12-6-5-7-14(10-12)18-16(21)15(20)17-11-13(4-2)8-9-19/h5-7,10,13,19H,3-4,8-9,11H2,1-2H3,(H,17,20)(H,18,21). The van der Waals surface area contributed by atoms with E-state index in [-0.39, 0.29) is 12.5 Å². The number of carbonyl (C=O) groups is 2. The molecule has 1 unspecified atom stereocenters. The van der Waals surface area contributed by atoms with E-state index in [9.17, 15) is 9.59 Å². The number of benzene rings is 1. The molecule has 0 aliphatic carbocycles. The number of carbonyl (C=O) groups excluding carboxylic acids is 2. The Morgan fingerprint density at radius 2 is 2.00 bits per heavy atom. The summed E-state index contributed by atoms with van der Waals surface area (Å²) in [5.74, 6) is -1.12. The number of aliphatic hydroxyl groups is 1. The summed E-state index contributed by atoms with van der Waals surface area (Å²) in [6, 6.07) is 7.42. The van der Waals surface area contributed by atoms with Crippen molar-refractivity contribution in [3.05, 3.63) is 29.8 Å². The zero-order valence-electron chi connectivity index (χ0n) is 12.7. The molecule has 0 bridgehead atoms. The third-order valence-corrected chi connectivity index (χ3v) is 3.47. The monoisotopic (exact) mass is 292 g/mol. The maximum absolute atomic E-state index is 11.8. The first kappa shape index (κ1) is 17.2. The van der Waals surface area contributed by atoms with Gasteiger partial charge in [0.05, 0.1) is 0 Å². The molecule has 1 aromatic carbocycles. The van der Waals surface area contributed by atoms with E-state index < -0.39 is 11.8 Å². The molecule has 5 heteroatoms. The van der Waals surface area contributed by atoms with E-state index >= 15 is 0 Å². The summed E-state index contributed by atoms with van der Waals surface area (Å²) in [4.78, 5) is 23.5. The molecule has 1 rings (SSSR count). The van der Waals surface area contributed by atoms with Crippen molar-refractivity contribution in [2.75, 3.05) is 18.5 Å². The van der Waals surface area contributed by atoms with Crippen LogP contribution in [0.25, 0.3) is 0 Å². The van der Waals surface area contributed by atoms with Gasteiger partial charge in [0.25, 0.3) is 0 Å². The summed E-state index contributed by atoms with van der Waals surface area (Å²) in [5.41, 5.74) is 1.72. The lowest BCUT2D eigenvalue weighted by atomic mass is 10.0. The fourth-order valence-corrected chi connectivity index (χ4v) is 2.01. The van der Waals surface area contributed by atoms with Gasteiger partial charge in [0.2, 0.25) is 0 Å². The Labute approximate surface area is 125 Å². The lowest BCUT2D eigenvalue weighted by Gasteiger charge is -2.14. The maximum Gasteiger partial charge on any atom is 0.313 e. The van der Waals surface area contributed by atoms with Crippen molar-refractivity contribution in [1.82, 2.24) is 5.32 Å². The number of nitrogens with one attached hydrogen (secondary N) is 2. The van der Waals surface area contributed by atoms with Crippen molar-refractivity contribution in [2.45, 2.75) is 33.1 Å². The molecular weight excluding hydrogens is 268 g/mol. The first-order valence-corrected chi connectivity index (χ1v) is 7.39. The second kappa shape index (κ2) is 9.13. The average Bonchev–Trinajstić information content (AvgIpc) is 2.51. The minimum absolute atomic E-state index is 0.0877. The zero-order chi connectivity index (χ0) is 15.7. The van der Waals surface area contributed by atoms with E-state index in [0.29, 0.717) is 18.7 Å². The molecule has 2 amide bonds. The predicted molar refractivity (Wildman–Crippen MR) is 82.9 cm³/mol. The molecule has 0 heterocycles. The fraction of sp³-hybridized carbons (Fsp3) is 0.500. The minimum atomic E-state index is -0.665. The molecule has 0 aliphatic heterocycles. The van der Waals surface area contributed by atoms with Gasteiger partial charge < -0.3 is 15.7 Å². The second-order valence-corrected chi connectivity index (χ2v) is 5.00. The van der Waals surface area contributed by atoms with Crippen LogP contribution in [0.3, 0.4) is 0 Å². The fourth-order valence-electron chi connectivity index (χ4n) is 2.01. The van der Waals surface area contributed by atoms with Gasteiger partial charge in [-0.3, -0.25) is 9.59 Å². The van der Waals surface area contributed by atoms with E-state index in [0.717, 1.165) is 18.4 Å². The van der Waals surface area contributed by atoms with Gasteiger partial charge in [-0.15, -0.1) is 0 Å². The smallest absolute Gasteiger partial charge is 0.313 e. The van der Waals surface area contributed by atoms with Gasteiger partial charge in [0.15, 0.2) is 0 Å². The van der Waals surface area contributed by atoms with Crippen LogP contribution in [0.2, 0.25) is 0 Å². The highest BCUT2D eigenvalue weighted by atomic mass is 16.3. The normalized spacial score (nSPS) is 11.8. The maximum atomic E-state index is 11.8. The molecule has 0 aromatic heterocycles. The van der Waals surface area contributed by atoms with Crippen LogP contribution < -0.4 is 10.6 Å². The van der Waals surface area contributed by atoms with Crippen molar-refractivity contribution in [1.29, 1.82) is 0 Å². The van der Waals surface area contributed by atoms with E-state index in [1.54, 1.807) is 6.07 Å². The number of anilines is 1. The first-order chi connectivity index (χ1) is 10.1. The molecule has 21 heavy (non-hydrogen) atoms. The third-order valence-electron chi connectivity index (χ3n) is 3.47. The van der Waals surface area contributed by atoms with Crippen LogP contribution >= 0.6 is 0 Å². The van der Waals surface area contributed by atoms with Crippen molar-refractivity contribution in [3.63, 3.8) is 0 Å². The highest BCUT2D eigenvalue weighted by Crippen LogP contribution is 2.11. The van der Waals surface area contributed by atoms with E-state index in [1.807, 2.05) is 32.0 Å². The predicted octanol–water partition coefficient (Wildman–Crippen LogP) is 1.71. The average molecular weight is 292 g/mol. The second-order valence-electron chi connectivity index (χ2n) is 5.00. The molecule has 3 N–H and O–H groups in total. The lowest BCUT2D eigenvalue weighted by Crippen LogP contribution is -2.38. The Balaban J connectivity index is 2.48. The Bertz CT molecular complexity index is 474. The van der Waals surface area contributed by atoms with Gasteiger partial charge in [-0.1, -0.05) is 32.4 Å². The van der Waals surface area contributed by atoms with E-state index in [4.69, 9.17) is 5.11 Å². The summed E-state index contributed by atoms with van der Waals surface area (Å²) in [6.45, 7) is 4.51. The highest BCUT2D eigenvalue weighted by Gasteiger charge is 2.15. The highest BCUT2D eigenvalue weighted by molar-refractivity contribution is 6.39. The number of aryl methyl sites for hydroxylation is 1. The van der Waals surface area contributed by atoms with Gasteiger partial charge in [-0.2, -0.15) is 0 Å². The lowest BCUT2D eigenvalue weighted by molar-refractivity contribution is -0.136. The van der Waals surface area contributed by atoms with Crippen LogP contribution in [-0.4, -0.2) is 30.1 Å². The van der Waals surface area contributed by atoms with Crippen molar-refractivity contribution >= 4 is 17.5 Å². The topological polar surface area (TPSA) is 78.4 Å². The van der Waals surface area contributed by atoms with Crippen LogP contribution in [0.15, 0.2) is 24.3 Å². The summed E-state index contributed by atoms with van der Waals surface area (Å²) in [7, 11) is 0. The molecule has 0 spiro atoms. The summed E-state index contributed by atoms with van der Waals surface area (Å²) >= 11 is 0. The third kappa shape index (κ3) is 5.95. The molecule has 0 fully saturated rings.